The monoisotopic (exact) mass is 408 g/mol. The van der Waals surface area contributed by atoms with Crippen LogP contribution in [0.4, 0.5) is 5.69 Å². The Bertz CT molecular complexity index is 1030. The van der Waals surface area contributed by atoms with E-state index in [2.05, 4.69) is 23.2 Å². The van der Waals surface area contributed by atoms with Crippen LogP contribution in [-0.2, 0) is 17.8 Å². The molecule has 4 rings (SSSR count). The summed E-state index contributed by atoms with van der Waals surface area (Å²) >= 11 is 1.43. The second-order valence-corrected chi connectivity index (χ2v) is 7.93. The van der Waals surface area contributed by atoms with E-state index < -0.39 is 0 Å². The van der Waals surface area contributed by atoms with Crippen molar-refractivity contribution in [3.8, 4) is 17.1 Å². The number of carbonyl (C=O) groups is 1. The Hall–Kier alpha value is -2.80. The Morgan fingerprint density at radius 2 is 1.93 bits per heavy atom. The Balaban J connectivity index is 1.54. The van der Waals surface area contributed by atoms with E-state index in [-0.39, 0.29) is 11.9 Å². The number of fused-ring (bicyclic) bond motifs is 1. The number of amides is 1. The van der Waals surface area contributed by atoms with Gasteiger partial charge in [-0.1, -0.05) is 42.1 Å². The van der Waals surface area contributed by atoms with Gasteiger partial charge in [0.25, 0.3) is 0 Å². The second kappa shape index (κ2) is 8.29. The molecule has 29 heavy (non-hydrogen) atoms. The lowest BCUT2D eigenvalue weighted by Gasteiger charge is -2.22. The fourth-order valence-electron chi connectivity index (χ4n) is 3.85. The Labute approximate surface area is 174 Å². The van der Waals surface area contributed by atoms with Gasteiger partial charge in [0.15, 0.2) is 11.0 Å². The zero-order chi connectivity index (χ0) is 20.4. The maximum atomic E-state index is 13.0. The smallest absolute Gasteiger partial charge is 0.237 e. The Morgan fingerprint density at radius 3 is 2.72 bits per heavy atom. The summed E-state index contributed by atoms with van der Waals surface area (Å²) in [5.41, 5.74) is 3.15. The van der Waals surface area contributed by atoms with Crippen LogP contribution in [0.15, 0.2) is 53.7 Å². The average Bonchev–Trinajstić information content (AvgIpc) is 3.31. The van der Waals surface area contributed by atoms with E-state index in [9.17, 15) is 4.79 Å². The number of ether oxygens (including phenoxy) is 1. The predicted molar refractivity (Wildman–Crippen MR) is 116 cm³/mol. The molecule has 2 heterocycles. The molecule has 0 radical (unpaired) electrons. The van der Waals surface area contributed by atoms with Gasteiger partial charge in [-0.25, -0.2) is 0 Å². The number of para-hydroxylation sites is 2. The van der Waals surface area contributed by atoms with Gasteiger partial charge in [-0.2, -0.15) is 0 Å². The summed E-state index contributed by atoms with van der Waals surface area (Å²) in [7, 11) is 1.65. The number of hydrogen-bond acceptors (Lipinski definition) is 5. The number of methoxy groups -OCH3 is 1. The average molecular weight is 409 g/mol. The lowest BCUT2D eigenvalue weighted by atomic mass is 10.1. The van der Waals surface area contributed by atoms with Gasteiger partial charge in [0.2, 0.25) is 5.91 Å². The number of benzene rings is 2. The van der Waals surface area contributed by atoms with Gasteiger partial charge in [0, 0.05) is 18.3 Å². The number of anilines is 1. The van der Waals surface area contributed by atoms with Crippen LogP contribution >= 0.6 is 11.8 Å². The number of aromatic nitrogens is 3. The van der Waals surface area contributed by atoms with Crippen molar-refractivity contribution in [2.24, 2.45) is 0 Å². The number of carbonyl (C=O) groups excluding carboxylic acids is 1. The van der Waals surface area contributed by atoms with Gasteiger partial charge in [-0.15, -0.1) is 10.2 Å². The summed E-state index contributed by atoms with van der Waals surface area (Å²) in [6.07, 6.45) is 0.898. The van der Waals surface area contributed by atoms with Crippen LogP contribution < -0.4 is 9.64 Å². The third kappa shape index (κ3) is 3.62. The first-order valence-corrected chi connectivity index (χ1v) is 10.7. The van der Waals surface area contributed by atoms with Crippen LogP contribution in [0.2, 0.25) is 0 Å². The van der Waals surface area contributed by atoms with Crippen molar-refractivity contribution in [2.75, 3.05) is 17.8 Å². The molecule has 1 amide bonds. The van der Waals surface area contributed by atoms with Crippen LogP contribution in [0.25, 0.3) is 11.4 Å². The molecule has 1 aliphatic heterocycles. The van der Waals surface area contributed by atoms with Gasteiger partial charge in [0.1, 0.15) is 5.75 Å². The van der Waals surface area contributed by atoms with Crippen molar-refractivity contribution in [1.29, 1.82) is 0 Å². The van der Waals surface area contributed by atoms with Gasteiger partial charge in [-0.05, 0) is 44.0 Å². The van der Waals surface area contributed by atoms with Crippen molar-refractivity contribution >= 4 is 23.4 Å². The van der Waals surface area contributed by atoms with Crippen molar-refractivity contribution in [2.45, 2.75) is 38.0 Å². The molecule has 1 aromatic heterocycles. The largest absolute Gasteiger partial charge is 0.496 e. The first-order chi connectivity index (χ1) is 14.1. The Kier molecular flexibility index (Phi) is 5.58. The highest BCUT2D eigenvalue weighted by atomic mass is 32.2. The first kappa shape index (κ1) is 19.5. The van der Waals surface area contributed by atoms with Gasteiger partial charge >= 0.3 is 0 Å². The Morgan fingerprint density at radius 1 is 1.17 bits per heavy atom. The highest BCUT2D eigenvalue weighted by Gasteiger charge is 2.30. The van der Waals surface area contributed by atoms with Crippen LogP contribution in [-0.4, -0.2) is 39.6 Å². The SMILES string of the molecule is CCn1c(SCC(=O)N2c3ccccc3CC2C)nnc1-c1ccccc1OC. The third-order valence-corrected chi connectivity index (χ3v) is 6.13. The summed E-state index contributed by atoms with van der Waals surface area (Å²) in [6.45, 7) is 4.85. The molecule has 0 aliphatic carbocycles. The quantitative estimate of drug-likeness (QED) is 0.576. The van der Waals surface area contributed by atoms with Gasteiger partial charge < -0.3 is 14.2 Å². The number of nitrogens with zero attached hydrogens (tertiary/aromatic N) is 4. The van der Waals surface area contributed by atoms with Crippen molar-refractivity contribution < 1.29 is 9.53 Å². The standard InChI is InChI=1S/C22H24N4O2S/c1-4-25-21(17-10-6-8-12-19(17)28-3)23-24-22(25)29-14-20(27)26-15(2)13-16-9-5-7-11-18(16)26/h5-12,15H,4,13-14H2,1-3H3. The van der Waals surface area contributed by atoms with E-state index in [0.29, 0.717) is 12.3 Å². The molecule has 2 aromatic carbocycles. The third-order valence-electron chi connectivity index (χ3n) is 5.18. The first-order valence-electron chi connectivity index (χ1n) is 9.73. The van der Waals surface area contributed by atoms with Crippen LogP contribution in [0.3, 0.4) is 0 Å². The summed E-state index contributed by atoms with van der Waals surface area (Å²) in [6, 6.07) is 16.1. The fraction of sp³-hybridized carbons (Fsp3) is 0.318. The normalized spacial score (nSPS) is 15.4. The summed E-state index contributed by atoms with van der Waals surface area (Å²) < 4.78 is 7.50. The predicted octanol–water partition coefficient (Wildman–Crippen LogP) is 4.04. The molecule has 150 valence electrons. The molecule has 1 atom stereocenters. The summed E-state index contributed by atoms with van der Waals surface area (Å²) in [4.78, 5) is 14.9. The fourth-order valence-corrected chi connectivity index (χ4v) is 4.71. The van der Waals surface area contributed by atoms with E-state index in [0.717, 1.165) is 34.4 Å². The van der Waals surface area contributed by atoms with Crippen LogP contribution in [0.5, 0.6) is 5.75 Å². The van der Waals surface area contributed by atoms with Gasteiger partial charge in [-0.3, -0.25) is 4.79 Å². The molecule has 1 aliphatic rings. The second-order valence-electron chi connectivity index (χ2n) is 6.98. The van der Waals surface area contributed by atoms with Gasteiger partial charge in [0.05, 0.1) is 18.4 Å². The molecule has 1 unspecified atom stereocenters. The molecular formula is C22H24N4O2S. The molecule has 0 bridgehead atoms. The molecule has 0 spiro atoms. The maximum absolute atomic E-state index is 13.0. The zero-order valence-electron chi connectivity index (χ0n) is 16.8. The summed E-state index contributed by atoms with van der Waals surface area (Å²) in [5, 5.41) is 9.47. The lowest BCUT2D eigenvalue weighted by molar-refractivity contribution is -0.116. The zero-order valence-corrected chi connectivity index (χ0v) is 17.6. The lowest BCUT2D eigenvalue weighted by Crippen LogP contribution is -2.37. The molecule has 0 N–H and O–H groups in total. The number of thioether (sulfide) groups is 1. The van der Waals surface area contributed by atoms with E-state index in [1.54, 1.807) is 7.11 Å². The minimum atomic E-state index is 0.0944. The molecule has 6 nitrogen and oxygen atoms in total. The maximum Gasteiger partial charge on any atom is 0.237 e. The van der Waals surface area contributed by atoms with Crippen LogP contribution in [0, 0.1) is 0 Å². The molecule has 0 saturated heterocycles. The van der Waals surface area contributed by atoms with E-state index in [1.807, 2.05) is 58.9 Å². The molecule has 0 saturated carbocycles. The molecular weight excluding hydrogens is 384 g/mol. The number of rotatable bonds is 6. The molecule has 3 aromatic rings. The van der Waals surface area contributed by atoms with E-state index in [1.165, 1.54) is 17.3 Å². The van der Waals surface area contributed by atoms with E-state index in [4.69, 9.17) is 4.74 Å². The van der Waals surface area contributed by atoms with Crippen molar-refractivity contribution in [3.63, 3.8) is 0 Å². The minimum absolute atomic E-state index is 0.0944. The van der Waals surface area contributed by atoms with Crippen molar-refractivity contribution in [1.82, 2.24) is 14.8 Å². The topological polar surface area (TPSA) is 60.2 Å². The highest BCUT2D eigenvalue weighted by molar-refractivity contribution is 7.99. The number of hydrogen-bond donors (Lipinski definition) is 0. The minimum Gasteiger partial charge on any atom is -0.496 e. The molecule has 7 heteroatoms. The van der Waals surface area contributed by atoms with E-state index >= 15 is 0 Å². The highest BCUT2D eigenvalue weighted by Crippen LogP contribution is 2.34. The molecule has 0 fully saturated rings. The summed E-state index contributed by atoms with van der Waals surface area (Å²) in [5.74, 6) is 1.92. The van der Waals surface area contributed by atoms with Crippen molar-refractivity contribution in [3.05, 3.63) is 54.1 Å². The van der Waals surface area contributed by atoms with Crippen LogP contribution in [0.1, 0.15) is 19.4 Å².